The Hall–Kier alpha value is -2.89. The van der Waals surface area contributed by atoms with Gasteiger partial charge in [-0.1, -0.05) is 54.1 Å². The Morgan fingerprint density at radius 1 is 1.07 bits per heavy atom. The predicted molar refractivity (Wildman–Crippen MR) is 105 cm³/mol. The van der Waals surface area contributed by atoms with Gasteiger partial charge in [0.1, 0.15) is 12.4 Å². The molecule has 0 radical (unpaired) electrons. The van der Waals surface area contributed by atoms with E-state index in [0.717, 1.165) is 30.4 Å². The quantitative estimate of drug-likeness (QED) is 0.616. The van der Waals surface area contributed by atoms with Gasteiger partial charge in [0.15, 0.2) is 0 Å². The minimum atomic E-state index is -2.83. The standard InChI is InChI=1S/C23H23F2NO3/c24-22(25)29-21-8-4-7-17(14-21)11-18-12-19-9-10-20(13-18)26(19)23(27)28-15-16-5-2-1-3-6-16/h1-8,12,14,19-20,22H,9-11,13,15H2. The molecule has 6 heteroatoms. The third kappa shape index (κ3) is 4.75. The van der Waals surface area contributed by atoms with Crippen LogP contribution in [-0.4, -0.2) is 29.7 Å². The van der Waals surface area contributed by atoms with E-state index in [-0.39, 0.29) is 30.5 Å². The minimum absolute atomic E-state index is 0.0347. The fraction of sp³-hybridized carbons (Fsp3) is 0.348. The molecule has 152 valence electrons. The van der Waals surface area contributed by atoms with Crippen molar-refractivity contribution in [1.29, 1.82) is 0 Å². The number of amides is 1. The topological polar surface area (TPSA) is 38.8 Å². The highest BCUT2D eigenvalue weighted by Gasteiger charge is 2.40. The van der Waals surface area contributed by atoms with Crippen LogP contribution < -0.4 is 4.74 Å². The van der Waals surface area contributed by atoms with Crippen LogP contribution in [-0.2, 0) is 17.8 Å². The lowest BCUT2D eigenvalue weighted by atomic mass is 9.95. The van der Waals surface area contributed by atoms with Crippen LogP contribution in [0.15, 0.2) is 66.2 Å². The third-order valence-electron chi connectivity index (χ3n) is 5.44. The minimum Gasteiger partial charge on any atom is -0.445 e. The number of carbonyl (C=O) groups is 1. The van der Waals surface area contributed by atoms with E-state index in [1.165, 1.54) is 11.6 Å². The molecule has 0 aliphatic carbocycles. The molecule has 2 unspecified atom stereocenters. The second kappa shape index (κ2) is 8.64. The van der Waals surface area contributed by atoms with Crippen molar-refractivity contribution in [2.24, 2.45) is 0 Å². The molecule has 0 aromatic heterocycles. The lowest BCUT2D eigenvalue weighted by molar-refractivity contribution is -0.0498. The van der Waals surface area contributed by atoms with Crippen LogP contribution >= 0.6 is 0 Å². The van der Waals surface area contributed by atoms with Gasteiger partial charge in [-0.05, 0) is 48.9 Å². The zero-order chi connectivity index (χ0) is 20.2. The summed E-state index contributed by atoms with van der Waals surface area (Å²) in [5.74, 6) is 0.169. The monoisotopic (exact) mass is 399 g/mol. The Kier molecular flexibility index (Phi) is 5.79. The Morgan fingerprint density at radius 3 is 2.62 bits per heavy atom. The second-order valence-corrected chi connectivity index (χ2v) is 7.48. The third-order valence-corrected chi connectivity index (χ3v) is 5.44. The zero-order valence-electron chi connectivity index (χ0n) is 16.0. The first kappa shape index (κ1) is 19.4. The number of benzene rings is 2. The van der Waals surface area contributed by atoms with Crippen molar-refractivity contribution in [1.82, 2.24) is 4.90 Å². The molecule has 2 aromatic carbocycles. The molecule has 2 bridgehead atoms. The summed E-state index contributed by atoms with van der Waals surface area (Å²) < 4.78 is 34.9. The van der Waals surface area contributed by atoms with E-state index in [9.17, 15) is 13.6 Å². The van der Waals surface area contributed by atoms with Crippen molar-refractivity contribution in [3.63, 3.8) is 0 Å². The number of rotatable bonds is 6. The van der Waals surface area contributed by atoms with Crippen molar-refractivity contribution in [3.05, 3.63) is 77.4 Å². The number of carbonyl (C=O) groups excluding carboxylic acids is 1. The molecule has 2 aromatic rings. The first-order chi connectivity index (χ1) is 14.1. The molecule has 4 nitrogen and oxygen atoms in total. The van der Waals surface area contributed by atoms with Crippen LogP contribution in [0.5, 0.6) is 5.75 Å². The van der Waals surface area contributed by atoms with Crippen LogP contribution in [0, 0.1) is 0 Å². The molecule has 2 aliphatic heterocycles. The van der Waals surface area contributed by atoms with Gasteiger partial charge in [-0.25, -0.2) is 4.79 Å². The highest BCUT2D eigenvalue weighted by molar-refractivity contribution is 5.70. The molecule has 1 saturated heterocycles. The van der Waals surface area contributed by atoms with Gasteiger partial charge in [-0.3, -0.25) is 4.90 Å². The van der Waals surface area contributed by atoms with Gasteiger partial charge in [0.25, 0.3) is 0 Å². The molecule has 1 amide bonds. The van der Waals surface area contributed by atoms with Crippen LogP contribution in [0.1, 0.15) is 30.4 Å². The highest BCUT2D eigenvalue weighted by atomic mass is 19.3. The molecule has 29 heavy (non-hydrogen) atoms. The molecular formula is C23H23F2NO3. The molecule has 1 fully saturated rings. The normalized spacial score (nSPS) is 20.5. The number of alkyl halides is 2. The molecule has 0 saturated carbocycles. The summed E-state index contributed by atoms with van der Waals surface area (Å²) in [5.41, 5.74) is 3.11. The fourth-order valence-corrected chi connectivity index (χ4v) is 4.22. The smallest absolute Gasteiger partial charge is 0.410 e. The van der Waals surface area contributed by atoms with Gasteiger partial charge in [-0.2, -0.15) is 8.78 Å². The summed E-state index contributed by atoms with van der Waals surface area (Å²) in [4.78, 5) is 14.5. The molecule has 2 aliphatic rings. The maximum absolute atomic E-state index is 12.6. The average Bonchev–Trinajstić information content (AvgIpc) is 2.97. The SMILES string of the molecule is O=C(OCc1ccccc1)N1C2C=C(Cc3cccc(OC(F)F)c3)CC1CC2. The van der Waals surface area contributed by atoms with E-state index in [1.807, 2.05) is 41.3 Å². The summed E-state index contributed by atoms with van der Waals surface area (Å²) in [6.07, 6.45) is 5.16. The number of hydrogen-bond acceptors (Lipinski definition) is 3. The van der Waals surface area contributed by atoms with Gasteiger partial charge < -0.3 is 9.47 Å². The molecule has 2 heterocycles. The Labute approximate surface area is 168 Å². The van der Waals surface area contributed by atoms with E-state index < -0.39 is 6.61 Å². The number of halogens is 2. The van der Waals surface area contributed by atoms with Crippen molar-refractivity contribution < 1.29 is 23.0 Å². The average molecular weight is 399 g/mol. The van der Waals surface area contributed by atoms with Gasteiger partial charge in [0, 0.05) is 6.04 Å². The van der Waals surface area contributed by atoms with Gasteiger partial charge in [0.05, 0.1) is 6.04 Å². The highest BCUT2D eigenvalue weighted by Crippen LogP contribution is 2.36. The van der Waals surface area contributed by atoms with Crippen molar-refractivity contribution in [2.45, 2.75) is 51.0 Å². The van der Waals surface area contributed by atoms with Gasteiger partial charge >= 0.3 is 12.7 Å². The first-order valence-corrected chi connectivity index (χ1v) is 9.81. The van der Waals surface area contributed by atoms with Crippen LogP contribution in [0.2, 0.25) is 0 Å². The maximum atomic E-state index is 12.6. The summed E-state index contributed by atoms with van der Waals surface area (Å²) in [6, 6.07) is 16.6. The molecule has 4 rings (SSSR count). The lowest BCUT2D eigenvalue weighted by Gasteiger charge is -2.33. The molecule has 0 N–H and O–H groups in total. The van der Waals surface area contributed by atoms with E-state index in [2.05, 4.69) is 10.8 Å². The lowest BCUT2D eigenvalue weighted by Crippen LogP contribution is -2.43. The Balaban J connectivity index is 1.39. The summed E-state index contributed by atoms with van der Waals surface area (Å²) >= 11 is 0. The molecule has 0 spiro atoms. The number of ether oxygens (including phenoxy) is 2. The van der Waals surface area contributed by atoms with E-state index in [1.54, 1.807) is 12.1 Å². The predicted octanol–water partition coefficient (Wildman–Crippen LogP) is 5.33. The summed E-state index contributed by atoms with van der Waals surface area (Å²) in [7, 11) is 0. The van der Waals surface area contributed by atoms with Gasteiger partial charge in [-0.15, -0.1) is 0 Å². The fourth-order valence-electron chi connectivity index (χ4n) is 4.22. The van der Waals surface area contributed by atoms with Crippen LogP contribution in [0.25, 0.3) is 0 Å². The maximum Gasteiger partial charge on any atom is 0.410 e. The molecular weight excluding hydrogens is 376 g/mol. The van der Waals surface area contributed by atoms with E-state index >= 15 is 0 Å². The largest absolute Gasteiger partial charge is 0.445 e. The van der Waals surface area contributed by atoms with Crippen LogP contribution in [0.4, 0.5) is 13.6 Å². The number of nitrogens with zero attached hydrogens (tertiary/aromatic N) is 1. The van der Waals surface area contributed by atoms with Gasteiger partial charge in [0.2, 0.25) is 0 Å². The van der Waals surface area contributed by atoms with E-state index in [0.29, 0.717) is 6.42 Å². The summed E-state index contributed by atoms with van der Waals surface area (Å²) in [5, 5.41) is 0. The van der Waals surface area contributed by atoms with E-state index in [4.69, 9.17) is 4.74 Å². The Bertz CT molecular complexity index is 885. The van der Waals surface area contributed by atoms with Crippen molar-refractivity contribution in [2.75, 3.05) is 0 Å². The number of fused-ring (bicyclic) bond motifs is 2. The molecule has 2 atom stereocenters. The van der Waals surface area contributed by atoms with Crippen molar-refractivity contribution >= 4 is 6.09 Å². The first-order valence-electron chi connectivity index (χ1n) is 9.81. The summed E-state index contributed by atoms with van der Waals surface area (Å²) in [6.45, 7) is -2.56. The Morgan fingerprint density at radius 2 is 1.86 bits per heavy atom. The zero-order valence-corrected chi connectivity index (χ0v) is 16.0. The van der Waals surface area contributed by atoms with Crippen LogP contribution in [0.3, 0.4) is 0 Å². The van der Waals surface area contributed by atoms with Crippen molar-refractivity contribution in [3.8, 4) is 5.75 Å². The number of hydrogen-bond donors (Lipinski definition) is 0. The second-order valence-electron chi connectivity index (χ2n) is 7.48.